The molecule has 0 saturated carbocycles. The molecule has 2 atom stereocenters. The number of anilines is 2. The Kier molecular flexibility index (Phi) is 24.7. The van der Waals surface area contributed by atoms with E-state index in [1.54, 1.807) is 22.7 Å². The summed E-state index contributed by atoms with van der Waals surface area (Å²) in [6.07, 6.45) is 40.1. The first kappa shape index (κ1) is 59.8. The summed E-state index contributed by atoms with van der Waals surface area (Å²) in [4.78, 5) is 38.1. The zero-order valence-corrected chi connectivity index (χ0v) is 50.4. The minimum atomic E-state index is -0.0421. The number of rotatable bonds is 38. The highest BCUT2D eigenvalue weighted by molar-refractivity contribution is 7.14. The number of benzene rings is 2. The van der Waals surface area contributed by atoms with E-state index in [0.717, 1.165) is 92.1 Å². The summed E-state index contributed by atoms with van der Waals surface area (Å²) in [5.41, 5.74) is 6.66. The van der Waals surface area contributed by atoms with Crippen molar-refractivity contribution in [3.63, 3.8) is 0 Å². The number of carbonyl (C=O) groups is 2. The number of unbranched alkanes of at least 4 members (excludes halogenated alkanes) is 24. The Labute approximate surface area is 479 Å². The monoisotopic (exact) mass is 1100 g/mol. The van der Waals surface area contributed by atoms with Gasteiger partial charge >= 0.3 is 0 Å². The summed E-state index contributed by atoms with van der Waals surface area (Å²) in [6, 6.07) is 13.0. The molecule has 0 bridgehead atoms. The van der Waals surface area contributed by atoms with Crippen molar-refractivity contribution in [1.82, 2.24) is 0 Å². The second-order valence-corrected chi connectivity index (χ2v) is 25.1. The van der Waals surface area contributed by atoms with Gasteiger partial charge in [0.2, 0.25) is 0 Å². The Morgan fingerprint density at radius 1 is 0.410 bits per heavy atom. The maximum absolute atomic E-state index is 15.9. The summed E-state index contributed by atoms with van der Waals surface area (Å²) in [5, 5.41) is 4.09. The highest BCUT2D eigenvalue weighted by Gasteiger charge is 2.44. The summed E-state index contributed by atoms with van der Waals surface area (Å²) in [7, 11) is 0. The van der Waals surface area contributed by atoms with Gasteiger partial charge < -0.3 is 28.7 Å². The van der Waals surface area contributed by atoms with E-state index in [1.807, 2.05) is 10.8 Å². The zero-order chi connectivity index (χ0) is 54.3. The lowest BCUT2D eigenvalue weighted by Gasteiger charge is -2.25. The predicted octanol–water partition coefficient (Wildman–Crippen LogP) is 20.1. The first-order valence-corrected chi connectivity index (χ1v) is 33.6. The summed E-state index contributed by atoms with van der Waals surface area (Å²) in [5.74, 6) is 3.78. The maximum atomic E-state index is 15.9. The van der Waals surface area contributed by atoms with Gasteiger partial charge in [-0.2, -0.15) is 0 Å². The predicted molar refractivity (Wildman–Crippen MR) is 330 cm³/mol. The highest BCUT2D eigenvalue weighted by atomic mass is 32.1. The van der Waals surface area contributed by atoms with Crippen LogP contribution >= 0.6 is 22.7 Å². The lowest BCUT2D eigenvalue weighted by atomic mass is 9.93. The second-order valence-electron chi connectivity index (χ2n) is 23.3. The lowest BCUT2D eigenvalue weighted by molar-refractivity contribution is -0.114. The van der Waals surface area contributed by atoms with E-state index in [2.05, 4.69) is 73.9 Å². The van der Waals surface area contributed by atoms with Gasteiger partial charge in [-0.3, -0.25) is 9.59 Å². The minimum Gasteiger partial charge on any atom is -0.485 e. The molecular formula is C68H98N2O6S2. The van der Waals surface area contributed by atoms with Crippen molar-refractivity contribution in [2.75, 3.05) is 49.3 Å². The zero-order valence-electron chi connectivity index (χ0n) is 48.8. The van der Waals surface area contributed by atoms with Crippen LogP contribution in [0.15, 0.2) is 47.2 Å². The van der Waals surface area contributed by atoms with E-state index < -0.39 is 0 Å². The molecule has 428 valence electrons. The van der Waals surface area contributed by atoms with Crippen LogP contribution in [0.3, 0.4) is 0 Å². The number of fused-ring (bicyclic) bond motifs is 4. The normalized spacial score (nSPS) is 16.4. The van der Waals surface area contributed by atoms with Crippen LogP contribution in [0.1, 0.15) is 244 Å². The summed E-state index contributed by atoms with van der Waals surface area (Å²) in [6.45, 7) is 12.5. The molecule has 4 aromatic rings. The Bertz CT molecular complexity index is 2340. The molecule has 8 rings (SSSR count). The number of ether oxygens (including phenoxy) is 4. The van der Waals surface area contributed by atoms with Gasteiger partial charge in [-0.25, -0.2) is 0 Å². The van der Waals surface area contributed by atoms with Gasteiger partial charge in [0.15, 0.2) is 23.0 Å². The van der Waals surface area contributed by atoms with Crippen LogP contribution in [0, 0.1) is 11.8 Å². The molecule has 2 amide bonds. The molecule has 4 aliphatic rings. The van der Waals surface area contributed by atoms with Gasteiger partial charge in [-0.15, -0.1) is 22.7 Å². The van der Waals surface area contributed by atoms with E-state index in [4.69, 9.17) is 18.9 Å². The first-order valence-electron chi connectivity index (χ1n) is 31.9. The molecule has 4 aliphatic heterocycles. The molecular weight excluding hydrogens is 1000 g/mol. The van der Waals surface area contributed by atoms with Crippen molar-refractivity contribution >= 4 is 57.0 Å². The number of nitrogens with zero attached hydrogens (tertiary/aromatic N) is 2. The topological polar surface area (TPSA) is 77.5 Å². The van der Waals surface area contributed by atoms with Crippen LogP contribution in [-0.4, -0.2) is 51.3 Å². The van der Waals surface area contributed by atoms with Crippen molar-refractivity contribution in [3.05, 3.63) is 58.3 Å². The van der Waals surface area contributed by atoms with E-state index in [0.29, 0.717) is 62.5 Å². The van der Waals surface area contributed by atoms with Crippen molar-refractivity contribution in [2.45, 2.75) is 233 Å². The van der Waals surface area contributed by atoms with Crippen molar-refractivity contribution < 1.29 is 28.5 Å². The maximum Gasteiger partial charge on any atom is 0.259 e. The molecule has 2 aromatic carbocycles. The molecule has 0 N–H and O–H groups in total. The third-order valence-corrected chi connectivity index (χ3v) is 19.1. The fourth-order valence-electron chi connectivity index (χ4n) is 12.6. The first-order chi connectivity index (χ1) is 38.4. The van der Waals surface area contributed by atoms with Crippen LogP contribution in [-0.2, 0) is 9.59 Å². The summed E-state index contributed by atoms with van der Waals surface area (Å²) < 4.78 is 24.6. The minimum absolute atomic E-state index is 0.0421. The average Bonchev–Trinajstić information content (AvgIpc) is 4.36. The largest absolute Gasteiger partial charge is 0.485 e. The number of hydrogen-bond acceptors (Lipinski definition) is 8. The highest BCUT2D eigenvalue weighted by Crippen LogP contribution is 2.53. The van der Waals surface area contributed by atoms with Gasteiger partial charge in [-0.05, 0) is 60.8 Å². The summed E-state index contributed by atoms with van der Waals surface area (Å²) >= 11 is 3.26. The van der Waals surface area contributed by atoms with Gasteiger partial charge in [0.05, 0.1) is 32.3 Å². The van der Waals surface area contributed by atoms with E-state index in [-0.39, 0.29) is 11.8 Å². The third-order valence-electron chi connectivity index (χ3n) is 17.2. The molecule has 0 saturated heterocycles. The molecule has 0 fully saturated rings. The molecule has 2 unspecified atom stereocenters. The Balaban J connectivity index is 1.15. The standard InChI is InChI=1S/C68H98N2O6S2/c1-5-9-13-17-21-23-27-31-35-51(33-29-25-19-15-11-7-3)47-69-57-45-53(65-63-59(49-77-65)73-41-43-75-63)37-39-55(57)61(67(69)71)62-56-40-38-54(66-64-60(50-78-66)74-42-44-76-64)46-58(56)70(68(62)72)48-52(34-30-26-20-16-12-8-4)36-32-28-24-22-18-14-10-6-2/h37-40,45-46,49-52H,5-36,41-44,47-48H2,1-4H3/b62-61+. The van der Waals surface area contributed by atoms with Crippen molar-refractivity contribution in [2.24, 2.45) is 11.8 Å². The smallest absolute Gasteiger partial charge is 0.259 e. The molecule has 10 heteroatoms. The van der Waals surface area contributed by atoms with Crippen molar-refractivity contribution in [3.8, 4) is 43.9 Å². The SMILES string of the molecule is CCCCCCCCCCC(CCCCCCCC)CN1C(=O)/C(=C2/C(=O)N(CC(CCCCCCCC)CCCCCCCCCC)c3cc(-c4scc5c4OCCO5)ccc32)c2ccc(-c3scc4c3OCCO4)cc21. The molecule has 0 aliphatic carbocycles. The third kappa shape index (κ3) is 16.0. The molecule has 8 nitrogen and oxygen atoms in total. The van der Waals surface area contributed by atoms with Crippen LogP contribution in [0.2, 0.25) is 0 Å². The van der Waals surface area contributed by atoms with Crippen LogP contribution in [0.25, 0.3) is 32.0 Å². The number of carbonyl (C=O) groups excluding carboxylic acids is 2. The van der Waals surface area contributed by atoms with E-state index in [1.165, 1.54) is 180 Å². The molecule has 0 spiro atoms. The lowest BCUT2D eigenvalue weighted by Crippen LogP contribution is -2.34. The number of hydrogen-bond donors (Lipinski definition) is 0. The average molecular weight is 1100 g/mol. The van der Waals surface area contributed by atoms with Crippen LogP contribution in [0.5, 0.6) is 23.0 Å². The Morgan fingerprint density at radius 3 is 1.05 bits per heavy atom. The fourth-order valence-corrected chi connectivity index (χ4v) is 14.5. The quantitative estimate of drug-likeness (QED) is 0.0329. The molecule has 78 heavy (non-hydrogen) atoms. The van der Waals surface area contributed by atoms with E-state index >= 15 is 9.59 Å². The van der Waals surface area contributed by atoms with Crippen LogP contribution in [0.4, 0.5) is 11.4 Å². The van der Waals surface area contributed by atoms with Gasteiger partial charge in [0.1, 0.15) is 26.4 Å². The van der Waals surface area contributed by atoms with Gasteiger partial charge in [-0.1, -0.05) is 232 Å². The second kappa shape index (κ2) is 32.2. The number of thiophene rings is 2. The fraction of sp³-hybridized carbons (Fsp3) is 0.647. The van der Waals surface area contributed by atoms with Crippen molar-refractivity contribution in [1.29, 1.82) is 0 Å². The molecule has 6 heterocycles. The van der Waals surface area contributed by atoms with Gasteiger partial charge in [0, 0.05) is 35.0 Å². The Hall–Kier alpha value is -4.28. The van der Waals surface area contributed by atoms with Gasteiger partial charge in [0.25, 0.3) is 11.8 Å². The Morgan fingerprint density at radius 2 is 0.718 bits per heavy atom. The van der Waals surface area contributed by atoms with E-state index in [9.17, 15) is 0 Å². The molecule has 2 aromatic heterocycles. The number of amides is 2. The van der Waals surface area contributed by atoms with Crippen LogP contribution < -0.4 is 28.7 Å². The molecule has 0 radical (unpaired) electrons.